The summed E-state index contributed by atoms with van der Waals surface area (Å²) in [7, 11) is 1.53. The minimum atomic E-state index is -4.49. The van der Waals surface area contributed by atoms with Crippen LogP contribution in [0.15, 0.2) is 41.8 Å². The van der Waals surface area contributed by atoms with Crippen molar-refractivity contribution >= 4 is 17.2 Å². The third-order valence-corrected chi connectivity index (χ3v) is 5.03. The molecule has 3 aromatic rings. The Hall–Kier alpha value is -2.72. The maximum atomic E-state index is 13.1. The Morgan fingerprint density at radius 3 is 2.72 bits per heavy atom. The van der Waals surface area contributed by atoms with Gasteiger partial charge in [-0.25, -0.2) is 9.67 Å². The van der Waals surface area contributed by atoms with Gasteiger partial charge >= 0.3 is 6.18 Å². The molecule has 0 fully saturated rings. The number of hydrogen-bond acceptors (Lipinski definition) is 5. The van der Waals surface area contributed by atoms with E-state index in [-0.39, 0.29) is 17.6 Å². The zero-order chi connectivity index (χ0) is 21.0. The van der Waals surface area contributed by atoms with Crippen molar-refractivity contribution in [1.29, 1.82) is 0 Å². The molecule has 1 aromatic carbocycles. The molecule has 29 heavy (non-hydrogen) atoms. The summed E-state index contributed by atoms with van der Waals surface area (Å²) in [5, 5.41) is 8.79. The Kier molecular flexibility index (Phi) is 6.33. The summed E-state index contributed by atoms with van der Waals surface area (Å²) in [6, 6.07) is 8.07. The van der Waals surface area contributed by atoms with Crippen LogP contribution in [0.5, 0.6) is 0 Å². The van der Waals surface area contributed by atoms with Crippen molar-refractivity contribution < 1.29 is 22.7 Å². The van der Waals surface area contributed by atoms with Crippen LogP contribution in [0.1, 0.15) is 29.5 Å². The Labute approximate surface area is 169 Å². The molecule has 154 valence electrons. The fourth-order valence-corrected chi connectivity index (χ4v) is 3.38. The number of nitrogens with one attached hydrogen (secondary N) is 1. The van der Waals surface area contributed by atoms with Gasteiger partial charge in [0.15, 0.2) is 5.82 Å². The molecule has 6 nitrogen and oxygen atoms in total. The molecule has 2 heterocycles. The van der Waals surface area contributed by atoms with Crippen LogP contribution < -0.4 is 5.32 Å². The van der Waals surface area contributed by atoms with E-state index in [1.807, 2.05) is 12.3 Å². The van der Waals surface area contributed by atoms with Gasteiger partial charge in [-0.2, -0.15) is 13.2 Å². The van der Waals surface area contributed by atoms with Crippen LogP contribution in [0.3, 0.4) is 0 Å². The summed E-state index contributed by atoms with van der Waals surface area (Å²) in [5.74, 6) is -0.345. The van der Waals surface area contributed by atoms with E-state index >= 15 is 0 Å². The molecule has 1 unspecified atom stereocenters. The summed E-state index contributed by atoms with van der Waals surface area (Å²) in [5.41, 5.74) is -0.640. The summed E-state index contributed by atoms with van der Waals surface area (Å²) in [6.07, 6.45) is -3.85. The first-order valence-corrected chi connectivity index (χ1v) is 9.69. The second kappa shape index (κ2) is 8.75. The summed E-state index contributed by atoms with van der Waals surface area (Å²) in [6.45, 7) is 2.23. The molecule has 2 aromatic heterocycles. The predicted octanol–water partition coefficient (Wildman–Crippen LogP) is 4.17. The van der Waals surface area contributed by atoms with Crippen LogP contribution in [0.25, 0.3) is 16.4 Å². The normalized spacial score (nSPS) is 12.7. The van der Waals surface area contributed by atoms with Gasteiger partial charge in [-0.3, -0.25) is 4.79 Å². The number of halogens is 3. The van der Waals surface area contributed by atoms with E-state index in [0.29, 0.717) is 23.7 Å². The third-order valence-electron chi connectivity index (χ3n) is 4.17. The molecule has 0 saturated heterocycles. The summed E-state index contributed by atoms with van der Waals surface area (Å²) in [4.78, 5) is 17.6. The van der Waals surface area contributed by atoms with Crippen molar-refractivity contribution in [1.82, 2.24) is 20.1 Å². The number of carbonyl (C=O) groups is 1. The fourth-order valence-electron chi connectivity index (χ4n) is 2.68. The lowest BCUT2D eigenvalue weighted by atomic mass is 10.2. The number of ether oxygens (including phenoxy) is 1. The molecule has 0 bridgehead atoms. The summed E-state index contributed by atoms with van der Waals surface area (Å²) >= 11 is 1.35. The largest absolute Gasteiger partial charge is 0.416 e. The number of aromatic nitrogens is 3. The van der Waals surface area contributed by atoms with Gasteiger partial charge in [0.2, 0.25) is 5.82 Å². The average Bonchev–Trinajstić information content (AvgIpc) is 3.36. The highest BCUT2D eigenvalue weighted by Crippen LogP contribution is 2.32. The van der Waals surface area contributed by atoms with Crippen LogP contribution in [-0.4, -0.2) is 40.4 Å². The Balaban J connectivity index is 2.02. The van der Waals surface area contributed by atoms with Crippen LogP contribution in [0, 0.1) is 0 Å². The number of alkyl halides is 3. The molecule has 3 rings (SSSR count). The minimum absolute atomic E-state index is 0.125. The number of hydrogen-bond donors (Lipinski definition) is 1. The molecule has 1 N–H and O–H groups in total. The highest BCUT2D eigenvalue weighted by molar-refractivity contribution is 7.13. The molecule has 0 radical (unpaired) electrons. The van der Waals surface area contributed by atoms with Crippen LogP contribution in [0.2, 0.25) is 0 Å². The number of methoxy groups -OCH3 is 1. The minimum Gasteiger partial charge on any atom is -0.383 e. The van der Waals surface area contributed by atoms with E-state index in [4.69, 9.17) is 4.74 Å². The van der Waals surface area contributed by atoms with Crippen molar-refractivity contribution in [2.24, 2.45) is 0 Å². The van der Waals surface area contributed by atoms with Crippen molar-refractivity contribution in [3.05, 3.63) is 53.2 Å². The quantitative estimate of drug-likeness (QED) is 0.618. The van der Waals surface area contributed by atoms with E-state index in [1.54, 1.807) is 12.1 Å². The molecule has 0 aliphatic heterocycles. The number of rotatable bonds is 7. The Bertz CT molecular complexity index is 970. The van der Waals surface area contributed by atoms with Gasteiger partial charge in [0.25, 0.3) is 5.91 Å². The van der Waals surface area contributed by atoms with E-state index in [9.17, 15) is 18.0 Å². The molecular weight excluding hydrogens is 405 g/mol. The summed E-state index contributed by atoms with van der Waals surface area (Å²) < 4.78 is 45.7. The zero-order valence-electron chi connectivity index (χ0n) is 15.7. The number of benzene rings is 1. The average molecular weight is 424 g/mol. The predicted molar refractivity (Wildman–Crippen MR) is 103 cm³/mol. The second-order valence-corrected chi connectivity index (χ2v) is 7.18. The SMILES string of the molecule is CCC(COC)NC(=O)c1nc(-c2cccs2)n(-c2cccc(C(F)(F)F)c2)n1. The lowest BCUT2D eigenvalue weighted by Gasteiger charge is -2.14. The van der Waals surface area contributed by atoms with E-state index in [0.717, 1.165) is 12.1 Å². The van der Waals surface area contributed by atoms with E-state index in [2.05, 4.69) is 15.4 Å². The molecular formula is C19H19F3N4O2S. The van der Waals surface area contributed by atoms with Gasteiger partial charge in [-0.05, 0) is 36.1 Å². The van der Waals surface area contributed by atoms with Crippen LogP contribution >= 0.6 is 11.3 Å². The molecule has 1 amide bonds. The first kappa shape index (κ1) is 21.0. The zero-order valence-corrected chi connectivity index (χ0v) is 16.5. The standard InChI is InChI=1S/C19H19F3N4O2S/c1-3-13(11-28-2)23-18(27)16-24-17(15-8-5-9-29-15)26(25-16)14-7-4-6-12(10-14)19(20,21)22/h4-10,13H,3,11H2,1-2H3,(H,23,27). The maximum Gasteiger partial charge on any atom is 0.416 e. The van der Waals surface area contributed by atoms with Gasteiger partial charge in [0.1, 0.15) is 0 Å². The van der Waals surface area contributed by atoms with Crippen molar-refractivity contribution in [3.8, 4) is 16.4 Å². The number of carbonyl (C=O) groups excluding carboxylic acids is 1. The number of nitrogens with zero attached hydrogens (tertiary/aromatic N) is 3. The van der Waals surface area contributed by atoms with Gasteiger partial charge in [0, 0.05) is 7.11 Å². The van der Waals surface area contributed by atoms with E-state index < -0.39 is 17.6 Å². The molecule has 0 aliphatic rings. The molecule has 1 atom stereocenters. The molecule has 0 aliphatic carbocycles. The Morgan fingerprint density at radius 1 is 1.31 bits per heavy atom. The van der Waals surface area contributed by atoms with Crippen molar-refractivity contribution in [2.45, 2.75) is 25.6 Å². The fraction of sp³-hybridized carbons (Fsp3) is 0.316. The van der Waals surface area contributed by atoms with Crippen molar-refractivity contribution in [3.63, 3.8) is 0 Å². The van der Waals surface area contributed by atoms with Crippen LogP contribution in [0.4, 0.5) is 13.2 Å². The monoisotopic (exact) mass is 424 g/mol. The number of thiophene rings is 1. The van der Waals surface area contributed by atoms with E-state index in [1.165, 1.54) is 35.3 Å². The highest BCUT2D eigenvalue weighted by Gasteiger charge is 2.31. The van der Waals surface area contributed by atoms with Crippen LogP contribution in [-0.2, 0) is 10.9 Å². The van der Waals surface area contributed by atoms with Gasteiger partial charge < -0.3 is 10.1 Å². The highest BCUT2D eigenvalue weighted by atomic mass is 32.1. The lowest BCUT2D eigenvalue weighted by molar-refractivity contribution is -0.137. The maximum absolute atomic E-state index is 13.1. The van der Waals surface area contributed by atoms with Gasteiger partial charge in [-0.15, -0.1) is 16.4 Å². The topological polar surface area (TPSA) is 69.0 Å². The van der Waals surface area contributed by atoms with Crippen molar-refractivity contribution in [2.75, 3.05) is 13.7 Å². The first-order chi connectivity index (χ1) is 13.8. The molecule has 0 spiro atoms. The molecule has 0 saturated carbocycles. The smallest absolute Gasteiger partial charge is 0.383 e. The third kappa shape index (κ3) is 4.83. The first-order valence-electron chi connectivity index (χ1n) is 8.81. The molecule has 10 heteroatoms. The lowest BCUT2D eigenvalue weighted by Crippen LogP contribution is -2.38. The van der Waals surface area contributed by atoms with Gasteiger partial charge in [0.05, 0.1) is 28.8 Å². The number of amides is 1. The second-order valence-electron chi connectivity index (χ2n) is 6.23. The Morgan fingerprint density at radius 2 is 2.10 bits per heavy atom. The van der Waals surface area contributed by atoms with Gasteiger partial charge in [-0.1, -0.05) is 19.1 Å².